The summed E-state index contributed by atoms with van der Waals surface area (Å²) in [5.41, 5.74) is 0. The third-order valence-electron chi connectivity index (χ3n) is 0.586. The molecule has 0 heterocycles. The fourth-order valence-electron chi connectivity index (χ4n) is 0.340. The molecule has 1 rings (SSSR count). The molecule has 0 nitrogen and oxygen atoms in total. The molecule has 0 amide bonds. The summed E-state index contributed by atoms with van der Waals surface area (Å²) in [6.07, 6.45) is 10.0. The Morgan fingerprint density at radius 2 is 1.78 bits per heavy atom. The molecule has 0 aliphatic heterocycles. The van der Waals surface area contributed by atoms with Crippen molar-refractivity contribution in [3.05, 3.63) is 24.3 Å². The van der Waals surface area contributed by atoms with Crippen molar-refractivity contribution >= 4 is 11.0 Å². The van der Waals surface area contributed by atoms with Gasteiger partial charge in [0.2, 0.25) is 0 Å². The van der Waals surface area contributed by atoms with Crippen molar-refractivity contribution < 1.29 is 51.0 Å². The number of hydrogen-bond donors (Lipinski definition) is 0. The summed E-state index contributed by atoms with van der Waals surface area (Å²) in [7, 11) is 0. The molecule has 0 saturated carbocycles. The van der Waals surface area contributed by atoms with E-state index in [0.29, 0.717) is 0 Å². The van der Waals surface area contributed by atoms with Crippen molar-refractivity contribution in [1.29, 1.82) is 0 Å². The van der Waals surface area contributed by atoms with Crippen LogP contribution in [0.1, 0.15) is 6.42 Å². The molecule has 0 fully saturated rings. The average Bonchev–Trinajstić information content (AvgIpc) is 1.76. The zero-order chi connectivity index (χ0) is 3.54. The van der Waals surface area contributed by atoms with Crippen molar-refractivity contribution in [2.45, 2.75) is 6.42 Å². The minimum Gasteiger partial charge on any atom is -1.00 e. The average molecular weight is 259 g/mol. The Balaban J connectivity index is -0.0000000312. The molecule has 0 aromatic carbocycles. The van der Waals surface area contributed by atoms with Gasteiger partial charge in [-0.05, 0) is 11.0 Å². The van der Waals surface area contributed by atoms with Gasteiger partial charge in [0.05, 0.1) is 0 Å². The van der Waals surface area contributed by atoms with Crippen molar-refractivity contribution in [2.75, 3.05) is 0 Å². The van der Waals surface area contributed by atoms with Gasteiger partial charge in [-0.1, -0.05) is 0 Å². The summed E-state index contributed by atoms with van der Waals surface area (Å²) in [4.78, 5) is 0. The standard InChI is InChI=1S/C5H5.2ClH.H4Si.Zr/c1-2-4-5-3-1;;;;/h1-3H,4H2;2*1H;1H4;/q-1;;;;+3/p-2. The molecular formula is C5H9Cl2SiZr. The van der Waals surface area contributed by atoms with Crippen LogP contribution in [-0.4, -0.2) is 11.0 Å². The molecule has 0 spiro atoms. The van der Waals surface area contributed by atoms with E-state index in [2.05, 4.69) is 12.2 Å². The Bertz CT molecular complexity index is 73.0. The number of rotatable bonds is 0. The molecule has 0 N–H and O–H groups in total. The zero-order valence-corrected chi connectivity index (χ0v) is 8.16. The second kappa shape index (κ2) is 16.1. The Hall–Kier alpha value is 1.16. The second-order valence-corrected chi connectivity index (χ2v) is 1.00. The van der Waals surface area contributed by atoms with Crippen molar-refractivity contribution in [3.8, 4) is 0 Å². The fraction of sp³-hybridized carbons (Fsp3) is 0.200. The van der Waals surface area contributed by atoms with Crippen LogP contribution in [0.3, 0.4) is 0 Å². The fourth-order valence-corrected chi connectivity index (χ4v) is 0.340. The van der Waals surface area contributed by atoms with E-state index >= 15 is 0 Å². The normalized spacial score (nSPS) is 9.78. The maximum atomic E-state index is 2.99. The van der Waals surface area contributed by atoms with Crippen molar-refractivity contribution in [3.63, 3.8) is 0 Å². The predicted molar refractivity (Wildman–Crippen MR) is 32.9 cm³/mol. The van der Waals surface area contributed by atoms with Crippen LogP contribution in [0.25, 0.3) is 0 Å². The third-order valence-corrected chi connectivity index (χ3v) is 0.586. The summed E-state index contributed by atoms with van der Waals surface area (Å²) in [6.45, 7) is 0. The minimum atomic E-state index is 0. The van der Waals surface area contributed by atoms with Gasteiger partial charge in [-0.25, -0.2) is 12.2 Å². The Kier molecular flexibility index (Phi) is 40.1. The molecule has 0 atom stereocenters. The van der Waals surface area contributed by atoms with Gasteiger partial charge >= 0.3 is 26.2 Å². The van der Waals surface area contributed by atoms with E-state index in [9.17, 15) is 0 Å². The van der Waals surface area contributed by atoms with Crippen LogP contribution in [0.4, 0.5) is 0 Å². The first-order valence-electron chi connectivity index (χ1n) is 1.72. The van der Waals surface area contributed by atoms with Crippen LogP contribution in [-0.2, 0) is 26.2 Å². The summed E-state index contributed by atoms with van der Waals surface area (Å²) in [5.74, 6) is 0. The first-order chi connectivity index (χ1) is 2.50. The first-order valence-corrected chi connectivity index (χ1v) is 1.72. The molecular weight excluding hydrogens is 250 g/mol. The van der Waals surface area contributed by atoms with Crippen LogP contribution in [0.2, 0.25) is 0 Å². The molecule has 4 heteroatoms. The van der Waals surface area contributed by atoms with Gasteiger partial charge in [0.15, 0.2) is 0 Å². The van der Waals surface area contributed by atoms with Gasteiger partial charge in [0.25, 0.3) is 0 Å². The third kappa shape index (κ3) is 12.4. The molecule has 0 unspecified atom stereocenters. The van der Waals surface area contributed by atoms with Gasteiger partial charge in [-0.3, -0.25) is 6.08 Å². The first kappa shape index (κ1) is 22.5. The Labute approximate surface area is 92.1 Å². The van der Waals surface area contributed by atoms with Crippen LogP contribution in [0.5, 0.6) is 0 Å². The smallest absolute Gasteiger partial charge is 1.00 e. The van der Waals surface area contributed by atoms with Crippen LogP contribution in [0.15, 0.2) is 18.2 Å². The molecule has 9 heavy (non-hydrogen) atoms. The molecule has 0 saturated heterocycles. The molecule has 0 aromatic heterocycles. The van der Waals surface area contributed by atoms with Crippen LogP contribution < -0.4 is 24.8 Å². The molecule has 1 aliphatic carbocycles. The van der Waals surface area contributed by atoms with Gasteiger partial charge in [0, 0.05) is 0 Å². The quantitative estimate of drug-likeness (QED) is 0.300. The van der Waals surface area contributed by atoms with E-state index in [1.165, 1.54) is 0 Å². The number of allylic oxidation sites excluding steroid dienone is 4. The maximum absolute atomic E-state index is 2.99. The van der Waals surface area contributed by atoms with Gasteiger partial charge in [0.1, 0.15) is 0 Å². The Morgan fingerprint density at radius 1 is 1.22 bits per heavy atom. The van der Waals surface area contributed by atoms with E-state index in [1.54, 1.807) is 0 Å². The number of hydrogen-bond acceptors (Lipinski definition) is 0. The largest absolute Gasteiger partial charge is 3.00 e. The van der Waals surface area contributed by atoms with Crippen molar-refractivity contribution in [2.24, 2.45) is 0 Å². The summed E-state index contributed by atoms with van der Waals surface area (Å²) in [6, 6.07) is 0. The number of halogens is 2. The van der Waals surface area contributed by atoms with E-state index in [-0.39, 0.29) is 62.0 Å². The summed E-state index contributed by atoms with van der Waals surface area (Å²) >= 11 is 0. The monoisotopic (exact) mass is 257 g/mol. The van der Waals surface area contributed by atoms with Crippen LogP contribution >= 0.6 is 0 Å². The van der Waals surface area contributed by atoms with Gasteiger partial charge in [-0.15, -0.1) is 6.42 Å². The van der Waals surface area contributed by atoms with Crippen LogP contribution in [0, 0.1) is 6.08 Å². The summed E-state index contributed by atoms with van der Waals surface area (Å²) < 4.78 is 0. The van der Waals surface area contributed by atoms with Gasteiger partial charge < -0.3 is 24.8 Å². The summed E-state index contributed by atoms with van der Waals surface area (Å²) in [5, 5.41) is 0. The van der Waals surface area contributed by atoms with Gasteiger partial charge in [-0.2, -0.15) is 6.08 Å². The SMILES string of the molecule is [C-]1=CC=CC1.[Cl-].[Cl-].[SiH4].[Zr+3]. The zero-order valence-electron chi connectivity index (χ0n) is 4.20. The Morgan fingerprint density at radius 3 is 1.89 bits per heavy atom. The topological polar surface area (TPSA) is 0 Å². The molecule has 1 aliphatic rings. The molecule has 1 radical (unpaired) electrons. The maximum Gasteiger partial charge on any atom is 3.00 e. The van der Waals surface area contributed by atoms with Crippen molar-refractivity contribution in [1.82, 2.24) is 0 Å². The van der Waals surface area contributed by atoms with E-state index in [4.69, 9.17) is 0 Å². The van der Waals surface area contributed by atoms with E-state index in [0.717, 1.165) is 6.42 Å². The minimum absolute atomic E-state index is 0. The molecule has 0 bridgehead atoms. The van der Waals surface area contributed by atoms with E-state index < -0.39 is 0 Å². The predicted octanol–water partition coefficient (Wildman–Crippen LogP) is -6.14. The second-order valence-electron chi connectivity index (χ2n) is 1.00. The molecule has 0 aromatic rings. The van der Waals surface area contributed by atoms with E-state index in [1.807, 2.05) is 12.2 Å². The molecule has 51 valence electrons.